The molecule has 2 atom stereocenters. The minimum absolute atomic E-state index is 0.148. The van der Waals surface area contributed by atoms with Crippen LogP contribution in [0.1, 0.15) is 26.7 Å². The number of thioether (sulfide) groups is 1. The number of ether oxygens (including phenoxy) is 1. The van der Waals surface area contributed by atoms with E-state index in [1.165, 1.54) is 11.8 Å². The van der Waals surface area contributed by atoms with Crippen LogP contribution < -0.4 is 16.0 Å². The lowest BCUT2D eigenvalue weighted by molar-refractivity contribution is -0.149. The second-order valence-electron chi connectivity index (χ2n) is 6.04. The van der Waals surface area contributed by atoms with Crippen LogP contribution in [0, 0.1) is 0 Å². The summed E-state index contributed by atoms with van der Waals surface area (Å²) in [6.07, 6.45) is 0.645. The summed E-state index contributed by atoms with van der Waals surface area (Å²) in [5, 5.41) is 7.25. The van der Waals surface area contributed by atoms with Crippen LogP contribution >= 0.6 is 11.8 Å². The number of anilines is 1. The maximum Gasteiger partial charge on any atom is 0.307 e. The number of esters is 1. The lowest BCUT2D eigenvalue weighted by Crippen LogP contribution is -2.46. The zero-order valence-electron chi connectivity index (χ0n) is 15.2. The molecule has 1 aliphatic heterocycles. The van der Waals surface area contributed by atoms with Crippen LogP contribution in [0.4, 0.5) is 5.69 Å². The van der Waals surface area contributed by atoms with Gasteiger partial charge in [-0.1, -0.05) is 19.1 Å². The van der Waals surface area contributed by atoms with Crippen molar-refractivity contribution >= 4 is 41.1 Å². The first-order valence-electron chi connectivity index (χ1n) is 8.70. The highest BCUT2D eigenvalue weighted by Crippen LogP contribution is 2.36. The Kier molecular flexibility index (Phi) is 7.66. The lowest BCUT2D eigenvalue weighted by Gasteiger charge is -2.23. The number of para-hydroxylation sites is 1. The van der Waals surface area contributed by atoms with Gasteiger partial charge in [0.1, 0.15) is 6.04 Å². The summed E-state index contributed by atoms with van der Waals surface area (Å²) < 4.78 is 4.93. The summed E-state index contributed by atoms with van der Waals surface area (Å²) in [5.41, 5.74) is 0.715. The molecule has 0 saturated carbocycles. The summed E-state index contributed by atoms with van der Waals surface area (Å²) in [7, 11) is 0. The van der Waals surface area contributed by atoms with Crippen molar-refractivity contribution in [3.63, 3.8) is 0 Å². The molecule has 2 rings (SSSR count). The van der Waals surface area contributed by atoms with Crippen LogP contribution in [0.2, 0.25) is 0 Å². The number of rotatable bonds is 8. The Morgan fingerprint density at radius 2 is 2.04 bits per heavy atom. The lowest BCUT2D eigenvalue weighted by atomic mass is 10.2. The van der Waals surface area contributed by atoms with Crippen molar-refractivity contribution in [3.8, 4) is 0 Å². The second-order valence-corrected chi connectivity index (χ2v) is 7.28. The first kappa shape index (κ1) is 20.8. The van der Waals surface area contributed by atoms with Crippen molar-refractivity contribution in [3.05, 3.63) is 24.3 Å². The predicted molar refractivity (Wildman–Crippen MR) is 101 cm³/mol. The van der Waals surface area contributed by atoms with Gasteiger partial charge < -0.3 is 20.7 Å². The molecule has 3 N–H and O–H groups in total. The Labute approximate surface area is 161 Å². The summed E-state index contributed by atoms with van der Waals surface area (Å²) in [6, 6.07) is 6.59. The van der Waals surface area contributed by atoms with E-state index in [1.54, 1.807) is 13.0 Å². The van der Waals surface area contributed by atoms with Crippen molar-refractivity contribution in [1.29, 1.82) is 0 Å². The molecule has 1 aliphatic rings. The van der Waals surface area contributed by atoms with Gasteiger partial charge in [0.25, 0.3) is 5.91 Å². The Balaban J connectivity index is 1.75. The highest BCUT2D eigenvalue weighted by molar-refractivity contribution is 8.01. The zero-order valence-corrected chi connectivity index (χ0v) is 16.1. The van der Waals surface area contributed by atoms with Crippen LogP contribution in [0.3, 0.4) is 0 Å². The van der Waals surface area contributed by atoms with Gasteiger partial charge in [-0.15, -0.1) is 11.8 Å². The Hall–Kier alpha value is -2.55. The molecule has 0 spiro atoms. The molecule has 27 heavy (non-hydrogen) atoms. The minimum Gasteiger partial charge on any atom is -0.456 e. The number of carbonyl (C=O) groups is 4. The molecule has 1 aromatic carbocycles. The molecule has 3 amide bonds. The Bertz CT molecular complexity index is 725. The van der Waals surface area contributed by atoms with Crippen molar-refractivity contribution < 1.29 is 23.9 Å². The topological polar surface area (TPSA) is 114 Å². The van der Waals surface area contributed by atoms with Gasteiger partial charge >= 0.3 is 5.97 Å². The number of amides is 3. The molecule has 0 bridgehead atoms. The summed E-state index contributed by atoms with van der Waals surface area (Å²) in [4.78, 5) is 48.4. The summed E-state index contributed by atoms with van der Waals surface area (Å²) >= 11 is 1.28. The fourth-order valence-electron chi connectivity index (χ4n) is 2.33. The van der Waals surface area contributed by atoms with E-state index in [1.807, 2.05) is 25.1 Å². The van der Waals surface area contributed by atoms with Gasteiger partial charge in [0, 0.05) is 11.4 Å². The first-order valence-corrected chi connectivity index (χ1v) is 9.58. The highest BCUT2D eigenvalue weighted by atomic mass is 32.2. The third-order valence-corrected chi connectivity index (χ3v) is 5.02. The van der Waals surface area contributed by atoms with E-state index >= 15 is 0 Å². The number of nitrogens with one attached hydrogen (secondary N) is 3. The van der Waals surface area contributed by atoms with Gasteiger partial charge in [0.2, 0.25) is 11.8 Å². The first-order chi connectivity index (χ1) is 12.9. The fourth-order valence-corrected chi connectivity index (χ4v) is 3.43. The summed E-state index contributed by atoms with van der Waals surface area (Å²) in [6.45, 7) is 3.50. The van der Waals surface area contributed by atoms with Crippen molar-refractivity contribution in [1.82, 2.24) is 10.6 Å². The standard InChI is InChI=1S/C18H23N3O5S/c1-3-8-19-17(24)11(2)20-15(22)10-26-16(23)9-14-18(25)21-12-6-4-5-7-13(12)27-14/h4-7,11,14H,3,8-10H2,1-2H3,(H,19,24)(H,20,22)(H,21,25)/t11-,14-/m1/s1. The Morgan fingerprint density at radius 3 is 2.78 bits per heavy atom. The van der Waals surface area contributed by atoms with E-state index in [4.69, 9.17) is 4.74 Å². The quantitative estimate of drug-likeness (QED) is 0.569. The molecule has 0 fully saturated rings. The molecule has 0 saturated heterocycles. The maximum atomic E-state index is 12.1. The molecule has 1 aromatic rings. The molecule has 146 valence electrons. The monoisotopic (exact) mass is 393 g/mol. The average Bonchev–Trinajstić information content (AvgIpc) is 2.65. The third-order valence-electron chi connectivity index (χ3n) is 3.74. The van der Waals surface area contributed by atoms with Gasteiger partial charge in [0.05, 0.1) is 17.4 Å². The number of fused-ring (bicyclic) bond motifs is 1. The van der Waals surface area contributed by atoms with E-state index in [-0.39, 0.29) is 18.2 Å². The fraction of sp³-hybridized carbons (Fsp3) is 0.444. The van der Waals surface area contributed by atoms with Crippen molar-refractivity contribution in [2.24, 2.45) is 0 Å². The number of carbonyl (C=O) groups excluding carboxylic acids is 4. The van der Waals surface area contributed by atoms with Crippen LogP contribution in [-0.4, -0.2) is 48.1 Å². The van der Waals surface area contributed by atoms with Crippen LogP contribution in [0.5, 0.6) is 0 Å². The van der Waals surface area contributed by atoms with Gasteiger partial charge in [-0.05, 0) is 25.5 Å². The van der Waals surface area contributed by atoms with E-state index < -0.39 is 29.8 Å². The second kappa shape index (κ2) is 9.96. The molecule has 1 heterocycles. The largest absolute Gasteiger partial charge is 0.456 e. The predicted octanol–water partition coefficient (Wildman–Crippen LogP) is 1.06. The Morgan fingerprint density at radius 1 is 1.30 bits per heavy atom. The van der Waals surface area contributed by atoms with Crippen LogP contribution in [-0.2, 0) is 23.9 Å². The van der Waals surface area contributed by atoms with Gasteiger partial charge in [-0.2, -0.15) is 0 Å². The molecule has 8 nitrogen and oxygen atoms in total. The molecular weight excluding hydrogens is 370 g/mol. The van der Waals surface area contributed by atoms with Gasteiger partial charge in [0.15, 0.2) is 6.61 Å². The van der Waals surface area contributed by atoms with Crippen molar-refractivity contribution in [2.45, 2.75) is 42.9 Å². The molecule has 0 aromatic heterocycles. The van der Waals surface area contributed by atoms with E-state index in [9.17, 15) is 19.2 Å². The SMILES string of the molecule is CCCNC(=O)[C@@H](C)NC(=O)COC(=O)C[C@H]1Sc2ccccc2NC1=O. The highest BCUT2D eigenvalue weighted by Gasteiger charge is 2.29. The molecule has 0 aliphatic carbocycles. The number of hydrogen-bond donors (Lipinski definition) is 3. The number of benzene rings is 1. The molecule has 9 heteroatoms. The normalized spacial score (nSPS) is 16.5. The molecule has 0 radical (unpaired) electrons. The van der Waals surface area contributed by atoms with Crippen molar-refractivity contribution in [2.75, 3.05) is 18.5 Å². The van der Waals surface area contributed by atoms with E-state index in [2.05, 4.69) is 16.0 Å². The zero-order chi connectivity index (χ0) is 19.8. The van der Waals surface area contributed by atoms with Gasteiger partial charge in [-0.3, -0.25) is 19.2 Å². The maximum absolute atomic E-state index is 12.1. The van der Waals surface area contributed by atoms with E-state index in [0.29, 0.717) is 12.2 Å². The number of hydrogen-bond acceptors (Lipinski definition) is 6. The van der Waals surface area contributed by atoms with E-state index in [0.717, 1.165) is 11.3 Å². The third kappa shape index (κ3) is 6.28. The average molecular weight is 393 g/mol. The van der Waals surface area contributed by atoms with Gasteiger partial charge in [-0.25, -0.2) is 0 Å². The smallest absolute Gasteiger partial charge is 0.307 e. The minimum atomic E-state index is -0.723. The summed E-state index contributed by atoms with van der Waals surface area (Å²) in [5.74, 6) is -1.80. The van der Waals surface area contributed by atoms with Crippen LogP contribution in [0.15, 0.2) is 29.2 Å². The molecular formula is C18H23N3O5S. The van der Waals surface area contributed by atoms with Crippen LogP contribution in [0.25, 0.3) is 0 Å². The molecule has 0 unspecified atom stereocenters.